The SMILES string of the molecule is Cc1cnc(N)nc1NCCCN1CCCC1. The molecule has 1 aliphatic rings. The molecule has 0 unspecified atom stereocenters. The second-order valence-corrected chi connectivity index (χ2v) is 4.59. The van der Waals surface area contributed by atoms with Crippen molar-refractivity contribution in [3.05, 3.63) is 11.8 Å². The van der Waals surface area contributed by atoms with Gasteiger partial charge in [-0.2, -0.15) is 4.98 Å². The van der Waals surface area contributed by atoms with Crippen molar-refractivity contribution in [3.8, 4) is 0 Å². The van der Waals surface area contributed by atoms with Crippen LogP contribution >= 0.6 is 0 Å². The lowest BCUT2D eigenvalue weighted by atomic mass is 10.3. The lowest BCUT2D eigenvalue weighted by Crippen LogP contribution is -2.22. The van der Waals surface area contributed by atoms with Crippen molar-refractivity contribution in [1.29, 1.82) is 0 Å². The number of nitrogens with zero attached hydrogens (tertiary/aromatic N) is 3. The lowest BCUT2D eigenvalue weighted by molar-refractivity contribution is 0.337. The van der Waals surface area contributed by atoms with Crippen LogP contribution in [0.25, 0.3) is 0 Å². The molecule has 0 atom stereocenters. The summed E-state index contributed by atoms with van der Waals surface area (Å²) in [6.07, 6.45) is 5.61. The van der Waals surface area contributed by atoms with Gasteiger partial charge in [0.2, 0.25) is 5.95 Å². The van der Waals surface area contributed by atoms with Gasteiger partial charge in [-0.1, -0.05) is 0 Å². The second-order valence-electron chi connectivity index (χ2n) is 4.59. The quantitative estimate of drug-likeness (QED) is 0.752. The van der Waals surface area contributed by atoms with Crippen molar-refractivity contribution in [2.75, 3.05) is 37.2 Å². The van der Waals surface area contributed by atoms with Gasteiger partial charge in [0, 0.05) is 18.3 Å². The van der Waals surface area contributed by atoms with E-state index in [-0.39, 0.29) is 0 Å². The summed E-state index contributed by atoms with van der Waals surface area (Å²) >= 11 is 0. The Bertz CT molecular complexity index is 360. The third-order valence-corrected chi connectivity index (χ3v) is 3.13. The Morgan fingerprint density at radius 2 is 2.18 bits per heavy atom. The first-order chi connectivity index (χ1) is 8.25. The standard InChI is InChI=1S/C12H21N5/c1-10-9-15-12(13)16-11(10)14-5-4-8-17-6-2-3-7-17/h9H,2-8H2,1H3,(H3,13,14,15,16). The van der Waals surface area contributed by atoms with E-state index >= 15 is 0 Å². The molecular formula is C12H21N5. The zero-order valence-corrected chi connectivity index (χ0v) is 10.4. The molecule has 2 rings (SSSR count). The van der Waals surface area contributed by atoms with Crippen LogP contribution in [0.3, 0.4) is 0 Å². The van der Waals surface area contributed by atoms with E-state index in [9.17, 15) is 0 Å². The number of anilines is 2. The molecule has 1 aromatic rings. The Morgan fingerprint density at radius 3 is 2.94 bits per heavy atom. The number of nitrogens with two attached hydrogens (primary N) is 1. The molecule has 5 heteroatoms. The molecule has 0 radical (unpaired) electrons. The van der Waals surface area contributed by atoms with Gasteiger partial charge in [-0.05, 0) is 45.8 Å². The number of aromatic nitrogens is 2. The fraction of sp³-hybridized carbons (Fsp3) is 0.667. The highest BCUT2D eigenvalue weighted by Gasteiger charge is 2.10. The second kappa shape index (κ2) is 5.82. The maximum Gasteiger partial charge on any atom is 0.221 e. The Hall–Kier alpha value is -1.36. The molecule has 1 aliphatic heterocycles. The fourth-order valence-electron chi connectivity index (χ4n) is 2.15. The van der Waals surface area contributed by atoms with Crippen LogP contribution in [-0.4, -0.2) is 41.0 Å². The first-order valence-electron chi connectivity index (χ1n) is 6.31. The van der Waals surface area contributed by atoms with E-state index in [1.54, 1.807) is 6.20 Å². The van der Waals surface area contributed by atoms with E-state index in [0.717, 1.165) is 24.3 Å². The third-order valence-electron chi connectivity index (χ3n) is 3.13. The first kappa shape index (κ1) is 12.1. The molecule has 0 bridgehead atoms. The molecule has 3 N–H and O–H groups in total. The molecular weight excluding hydrogens is 214 g/mol. The van der Waals surface area contributed by atoms with Crippen molar-refractivity contribution >= 4 is 11.8 Å². The van der Waals surface area contributed by atoms with Crippen molar-refractivity contribution in [1.82, 2.24) is 14.9 Å². The van der Waals surface area contributed by atoms with Gasteiger partial charge < -0.3 is 16.0 Å². The molecule has 17 heavy (non-hydrogen) atoms. The van der Waals surface area contributed by atoms with Crippen molar-refractivity contribution in [3.63, 3.8) is 0 Å². The summed E-state index contributed by atoms with van der Waals surface area (Å²) in [5, 5.41) is 3.32. The largest absolute Gasteiger partial charge is 0.370 e. The number of nitrogens with one attached hydrogen (secondary N) is 1. The smallest absolute Gasteiger partial charge is 0.221 e. The predicted molar refractivity (Wildman–Crippen MR) is 70.0 cm³/mol. The minimum Gasteiger partial charge on any atom is -0.370 e. The number of aryl methyl sites for hydroxylation is 1. The van der Waals surface area contributed by atoms with Crippen molar-refractivity contribution in [2.45, 2.75) is 26.2 Å². The minimum atomic E-state index is 0.331. The highest BCUT2D eigenvalue weighted by Crippen LogP contribution is 2.11. The molecule has 0 spiro atoms. The molecule has 1 aromatic heterocycles. The minimum absolute atomic E-state index is 0.331. The topological polar surface area (TPSA) is 67.1 Å². The Labute approximate surface area is 102 Å². The highest BCUT2D eigenvalue weighted by molar-refractivity contribution is 5.44. The van der Waals surface area contributed by atoms with Crippen LogP contribution in [0.1, 0.15) is 24.8 Å². The summed E-state index contributed by atoms with van der Waals surface area (Å²) in [4.78, 5) is 10.6. The van der Waals surface area contributed by atoms with Crippen LogP contribution in [0.5, 0.6) is 0 Å². The summed E-state index contributed by atoms with van der Waals surface area (Å²) in [5.41, 5.74) is 6.60. The summed E-state index contributed by atoms with van der Waals surface area (Å²) in [6, 6.07) is 0. The molecule has 0 aromatic carbocycles. The normalized spacial score (nSPS) is 16.3. The van der Waals surface area contributed by atoms with E-state index in [0.29, 0.717) is 5.95 Å². The zero-order chi connectivity index (χ0) is 12.1. The van der Waals surface area contributed by atoms with Gasteiger partial charge in [0.1, 0.15) is 5.82 Å². The molecule has 0 aliphatic carbocycles. The fourth-order valence-corrected chi connectivity index (χ4v) is 2.15. The van der Waals surface area contributed by atoms with Crippen LogP contribution in [0.2, 0.25) is 0 Å². The van der Waals surface area contributed by atoms with Gasteiger partial charge >= 0.3 is 0 Å². The first-order valence-corrected chi connectivity index (χ1v) is 6.31. The maximum absolute atomic E-state index is 5.56. The Balaban J connectivity index is 1.72. The summed E-state index contributed by atoms with van der Waals surface area (Å²) in [5.74, 6) is 1.19. The molecule has 5 nitrogen and oxygen atoms in total. The number of hydrogen-bond donors (Lipinski definition) is 2. The lowest BCUT2D eigenvalue weighted by Gasteiger charge is -2.14. The van der Waals surface area contributed by atoms with Crippen LogP contribution < -0.4 is 11.1 Å². The van der Waals surface area contributed by atoms with Gasteiger partial charge in [0.05, 0.1) is 0 Å². The predicted octanol–water partition coefficient (Wildman–Crippen LogP) is 1.27. The van der Waals surface area contributed by atoms with Crippen LogP contribution in [0.4, 0.5) is 11.8 Å². The van der Waals surface area contributed by atoms with Crippen molar-refractivity contribution in [2.24, 2.45) is 0 Å². The average molecular weight is 235 g/mol. The number of likely N-dealkylation sites (tertiary alicyclic amines) is 1. The number of rotatable bonds is 5. The van der Waals surface area contributed by atoms with E-state index in [4.69, 9.17) is 5.73 Å². The molecule has 2 heterocycles. The number of hydrogen-bond acceptors (Lipinski definition) is 5. The zero-order valence-electron chi connectivity index (χ0n) is 10.4. The molecule has 0 amide bonds. The Kier molecular flexibility index (Phi) is 4.14. The molecule has 1 saturated heterocycles. The van der Waals surface area contributed by atoms with Crippen LogP contribution in [-0.2, 0) is 0 Å². The molecule has 94 valence electrons. The van der Waals surface area contributed by atoms with Gasteiger partial charge in [-0.15, -0.1) is 0 Å². The summed E-state index contributed by atoms with van der Waals surface area (Å²) in [6.45, 7) is 6.63. The highest BCUT2D eigenvalue weighted by atomic mass is 15.1. The van der Waals surface area contributed by atoms with Gasteiger partial charge in [0.15, 0.2) is 0 Å². The Morgan fingerprint density at radius 1 is 1.41 bits per heavy atom. The van der Waals surface area contributed by atoms with Crippen LogP contribution in [0, 0.1) is 6.92 Å². The van der Waals surface area contributed by atoms with E-state index in [2.05, 4.69) is 20.2 Å². The van der Waals surface area contributed by atoms with E-state index < -0.39 is 0 Å². The molecule has 0 saturated carbocycles. The van der Waals surface area contributed by atoms with Crippen LogP contribution in [0.15, 0.2) is 6.20 Å². The average Bonchev–Trinajstić information content (AvgIpc) is 2.82. The summed E-state index contributed by atoms with van der Waals surface area (Å²) in [7, 11) is 0. The van der Waals surface area contributed by atoms with Gasteiger partial charge in [-0.3, -0.25) is 0 Å². The third kappa shape index (κ3) is 3.56. The van der Waals surface area contributed by atoms with Gasteiger partial charge in [-0.25, -0.2) is 4.98 Å². The monoisotopic (exact) mass is 235 g/mol. The maximum atomic E-state index is 5.56. The van der Waals surface area contributed by atoms with E-state index in [1.807, 2.05) is 6.92 Å². The van der Waals surface area contributed by atoms with Gasteiger partial charge in [0.25, 0.3) is 0 Å². The van der Waals surface area contributed by atoms with E-state index in [1.165, 1.54) is 32.5 Å². The molecule has 1 fully saturated rings. The summed E-state index contributed by atoms with van der Waals surface area (Å²) < 4.78 is 0. The number of nitrogen functional groups attached to an aromatic ring is 1. The van der Waals surface area contributed by atoms with Crippen molar-refractivity contribution < 1.29 is 0 Å².